The molecule has 0 radical (unpaired) electrons. The number of rotatable bonds is 2. The van der Waals surface area contributed by atoms with Gasteiger partial charge < -0.3 is 4.90 Å². The minimum atomic E-state index is 0.260. The van der Waals surface area contributed by atoms with Crippen LogP contribution < -0.4 is 0 Å². The molecule has 148 valence electrons. The van der Waals surface area contributed by atoms with Gasteiger partial charge in [-0.15, -0.1) is 0 Å². The van der Waals surface area contributed by atoms with Crippen molar-refractivity contribution in [3.05, 3.63) is 40.6 Å². The van der Waals surface area contributed by atoms with E-state index in [1.165, 1.54) is 47.2 Å². The molecule has 2 aromatic rings. The van der Waals surface area contributed by atoms with Crippen molar-refractivity contribution in [3.63, 3.8) is 0 Å². The predicted octanol–water partition coefficient (Wildman–Crippen LogP) is 3.53. The third kappa shape index (κ3) is 3.16. The van der Waals surface area contributed by atoms with Crippen LogP contribution in [0.25, 0.3) is 11.3 Å². The first kappa shape index (κ1) is 17.9. The second-order valence-electron chi connectivity index (χ2n) is 8.81. The monoisotopic (exact) mass is 378 g/mol. The molecular formula is C23H30N4O. The number of carbonyl (C=O) groups is 1. The average Bonchev–Trinajstić information content (AvgIpc) is 3.24. The van der Waals surface area contributed by atoms with E-state index in [9.17, 15) is 4.79 Å². The number of aromatic amines is 1. The third-order valence-electron chi connectivity index (χ3n) is 6.88. The number of amides is 1. The van der Waals surface area contributed by atoms with E-state index in [0.29, 0.717) is 5.91 Å². The molecule has 1 aromatic heterocycles. The Morgan fingerprint density at radius 2 is 1.89 bits per heavy atom. The summed E-state index contributed by atoms with van der Waals surface area (Å²) in [6.07, 6.45) is 7.67. The first-order chi connectivity index (χ1) is 13.7. The van der Waals surface area contributed by atoms with Crippen LogP contribution in [0.5, 0.6) is 0 Å². The summed E-state index contributed by atoms with van der Waals surface area (Å²) in [5, 5.41) is 8.03. The topological polar surface area (TPSA) is 52.2 Å². The normalized spacial score (nSPS) is 20.7. The fraction of sp³-hybridized carbons (Fsp3) is 0.565. The number of benzene rings is 1. The maximum atomic E-state index is 13.0. The largest absolute Gasteiger partial charge is 0.342 e. The van der Waals surface area contributed by atoms with Crippen molar-refractivity contribution in [2.75, 3.05) is 20.1 Å². The summed E-state index contributed by atoms with van der Waals surface area (Å²) in [4.78, 5) is 17.5. The molecule has 1 saturated carbocycles. The molecular weight excluding hydrogens is 348 g/mol. The third-order valence-corrected chi connectivity index (χ3v) is 6.88. The number of H-pyrrole nitrogens is 1. The van der Waals surface area contributed by atoms with Crippen molar-refractivity contribution in [2.24, 2.45) is 5.92 Å². The molecule has 0 spiro atoms. The van der Waals surface area contributed by atoms with Crippen LogP contribution in [0.15, 0.2) is 18.2 Å². The maximum Gasteiger partial charge on any atom is 0.225 e. The van der Waals surface area contributed by atoms with Gasteiger partial charge in [-0.3, -0.25) is 14.8 Å². The van der Waals surface area contributed by atoms with Crippen molar-refractivity contribution in [1.82, 2.24) is 20.0 Å². The molecule has 1 aliphatic carbocycles. The lowest BCUT2D eigenvalue weighted by molar-refractivity contribution is -0.136. The SMILES string of the molecule is CN1Cc2cccc(-c3n[nH]c4c3CCN(C(=O)C3CCCCC3)CC4)c2C1. The van der Waals surface area contributed by atoms with E-state index in [2.05, 4.69) is 40.1 Å². The molecule has 1 fully saturated rings. The second kappa shape index (κ2) is 7.36. The van der Waals surface area contributed by atoms with E-state index >= 15 is 0 Å². The van der Waals surface area contributed by atoms with Crippen molar-refractivity contribution in [1.29, 1.82) is 0 Å². The number of hydrogen-bond donors (Lipinski definition) is 1. The fourth-order valence-electron chi connectivity index (χ4n) is 5.34. The molecule has 2 aliphatic heterocycles. The fourth-order valence-corrected chi connectivity index (χ4v) is 5.34. The Labute approximate surface area is 167 Å². The molecule has 5 nitrogen and oxygen atoms in total. The van der Waals surface area contributed by atoms with Crippen LogP contribution in [0.4, 0.5) is 0 Å². The first-order valence-electron chi connectivity index (χ1n) is 10.9. The molecule has 0 bridgehead atoms. The Morgan fingerprint density at radius 1 is 1.07 bits per heavy atom. The highest BCUT2D eigenvalue weighted by atomic mass is 16.2. The average molecular weight is 379 g/mol. The molecule has 1 aromatic carbocycles. The number of carbonyl (C=O) groups excluding carboxylic acids is 1. The standard InChI is InChI=1S/C23H30N4O/c1-26-14-17-8-5-9-18(20(17)15-26)22-19-10-12-27(13-11-21(19)24-25-22)23(28)16-6-3-2-4-7-16/h5,8-9,16H,2-4,6-7,10-15H2,1H3,(H,24,25). The van der Waals surface area contributed by atoms with Gasteiger partial charge in [0.05, 0.1) is 5.69 Å². The molecule has 1 N–H and O–H groups in total. The zero-order valence-corrected chi connectivity index (χ0v) is 16.8. The quantitative estimate of drug-likeness (QED) is 0.870. The summed E-state index contributed by atoms with van der Waals surface area (Å²) >= 11 is 0. The Balaban J connectivity index is 1.38. The van der Waals surface area contributed by atoms with Gasteiger partial charge in [0.25, 0.3) is 0 Å². The molecule has 5 heteroatoms. The van der Waals surface area contributed by atoms with Crippen LogP contribution in [0, 0.1) is 5.92 Å². The summed E-state index contributed by atoms with van der Waals surface area (Å²) in [5.74, 6) is 0.650. The highest BCUT2D eigenvalue weighted by Gasteiger charge is 2.29. The summed E-state index contributed by atoms with van der Waals surface area (Å²) in [5.41, 5.74) is 7.75. The number of nitrogens with one attached hydrogen (secondary N) is 1. The maximum absolute atomic E-state index is 13.0. The number of fused-ring (bicyclic) bond motifs is 2. The van der Waals surface area contributed by atoms with Crippen LogP contribution in [0.1, 0.15) is 54.5 Å². The molecule has 0 unspecified atom stereocenters. The van der Waals surface area contributed by atoms with Gasteiger partial charge in [-0.05, 0) is 37.4 Å². The van der Waals surface area contributed by atoms with Crippen molar-refractivity contribution < 1.29 is 4.79 Å². The Kier molecular flexibility index (Phi) is 4.71. The number of aromatic nitrogens is 2. The van der Waals surface area contributed by atoms with Gasteiger partial charge >= 0.3 is 0 Å². The van der Waals surface area contributed by atoms with E-state index in [1.54, 1.807) is 0 Å². The van der Waals surface area contributed by atoms with E-state index < -0.39 is 0 Å². The van der Waals surface area contributed by atoms with E-state index in [1.807, 2.05) is 0 Å². The van der Waals surface area contributed by atoms with Crippen LogP contribution in [-0.4, -0.2) is 46.0 Å². The first-order valence-corrected chi connectivity index (χ1v) is 10.9. The van der Waals surface area contributed by atoms with E-state index in [4.69, 9.17) is 5.10 Å². The minimum absolute atomic E-state index is 0.260. The summed E-state index contributed by atoms with van der Waals surface area (Å²) in [6, 6.07) is 6.60. The van der Waals surface area contributed by atoms with Crippen molar-refractivity contribution >= 4 is 5.91 Å². The Bertz CT molecular complexity index is 881. The van der Waals surface area contributed by atoms with Gasteiger partial charge in [-0.25, -0.2) is 0 Å². The summed E-state index contributed by atoms with van der Waals surface area (Å²) in [7, 11) is 2.17. The van der Waals surface area contributed by atoms with Crippen LogP contribution in [-0.2, 0) is 30.7 Å². The van der Waals surface area contributed by atoms with Gasteiger partial charge in [0, 0.05) is 55.3 Å². The zero-order valence-electron chi connectivity index (χ0n) is 16.8. The molecule has 3 aliphatic rings. The highest BCUT2D eigenvalue weighted by molar-refractivity contribution is 5.79. The second-order valence-corrected chi connectivity index (χ2v) is 8.81. The van der Waals surface area contributed by atoms with Crippen LogP contribution in [0.3, 0.4) is 0 Å². The lowest BCUT2D eigenvalue weighted by Crippen LogP contribution is -2.38. The van der Waals surface area contributed by atoms with Crippen molar-refractivity contribution in [3.8, 4) is 11.3 Å². The summed E-state index contributed by atoms with van der Waals surface area (Å²) < 4.78 is 0. The Hall–Kier alpha value is -2.14. The summed E-state index contributed by atoms with van der Waals surface area (Å²) in [6.45, 7) is 3.64. The smallest absolute Gasteiger partial charge is 0.225 e. The number of hydrogen-bond acceptors (Lipinski definition) is 3. The number of nitrogens with zero attached hydrogens (tertiary/aromatic N) is 3. The molecule has 5 rings (SSSR count). The van der Waals surface area contributed by atoms with E-state index in [0.717, 1.165) is 57.6 Å². The lowest BCUT2D eigenvalue weighted by Gasteiger charge is -2.28. The van der Waals surface area contributed by atoms with E-state index in [-0.39, 0.29) is 5.92 Å². The molecule has 0 saturated heterocycles. The van der Waals surface area contributed by atoms with Gasteiger partial charge in [0.1, 0.15) is 0 Å². The van der Waals surface area contributed by atoms with Gasteiger partial charge in [-0.2, -0.15) is 5.10 Å². The van der Waals surface area contributed by atoms with Gasteiger partial charge in [-0.1, -0.05) is 37.5 Å². The highest BCUT2D eigenvalue weighted by Crippen LogP contribution is 2.35. The molecule has 3 heterocycles. The molecule has 28 heavy (non-hydrogen) atoms. The van der Waals surface area contributed by atoms with Crippen LogP contribution in [0.2, 0.25) is 0 Å². The molecule has 0 atom stereocenters. The van der Waals surface area contributed by atoms with Crippen LogP contribution >= 0.6 is 0 Å². The zero-order chi connectivity index (χ0) is 19.1. The Morgan fingerprint density at radius 3 is 2.75 bits per heavy atom. The van der Waals surface area contributed by atoms with Gasteiger partial charge in [0.2, 0.25) is 5.91 Å². The van der Waals surface area contributed by atoms with Gasteiger partial charge in [0.15, 0.2) is 0 Å². The lowest BCUT2D eigenvalue weighted by atomic mass is 9.88. The predicted molar refractivity (Wildman–Crippen MR) is 110 cm³/mol. The van der Waals surface area contributed by atoms with Crippen molar-refractivity contribution in [2.45, 2.75) is 58.0 Å². The minimum Gasteiger partial charge on any atom is -0.342 e. The molecule has 1 amide bonds.